The highest BCUT2D eigenvalue weighted by Gasteiger charge is 2.32. The van der Waals surface area contributed by atoms with Crippen molar-refractivity contribution < 1.29 is 37.0 Å². The maximum absolute atomic E-state index is 12.8. The maximum atomic E-state index is 12.8. The van der Waals surface area contributed by atoms with E-state index in [4.69, 9.17) is 9.47 Å². The second kappa shape index (κ2) is 9.44. The van der Waals surface area contributed by atoms with Crippen molar-refractivity contribution >= 4 is 18.0 Å². The molecule has 0 fully saturated rings. The fraction of sp³-hybridized carbons (Fsp3) is 0.421. The lowest BCUT2D eigenvalue weighted by molar-refractivity contribution is -0.143. The van der Waals surface area contributed by atoms with Crippen LogP contribution < -0.4 is 10.6 Å². The number of ether oxygens (including phenoxy) is 2. The summed E-state index contributed by atoms with van der Waals surface area (Å²) in [5.41, 5.74) is -0.519. The molecule has 2 rings (SSSR count). The van der Waals surface area contributed by atoms with Crippen molar-refractivity contribution in [1.29, 1.82) is 0 Å². The van der Waals surface area contributed by atoms with Gasteiger partial charge in [-0.1, -0.05) is 25.1 Å². The number of nitrogens with one attached hydrogen (secondary N) is 2. The molecule has 0 unspecified atom stereocenters. The zero-order valence-corrected chi connectivity index (χ0v) is 15.9. The van der Waals surface area contributed by atoms with Gasteiger partial charge in [0.25, 0.3) is 0 Å². The SMILES string of the molecule is CCOC(=O)C1=C(COC(=O)Cc2cccc(C(F)(F)F)c2)NC(=O)N[C@@H]1CC. The number of rotatable bonds is 7. The van der Waals surface area contributed by atoms with Gasteiger partial charge < -0.3 is 20.1 Å². The molecule has 0 aliphatic carbocycles. The lowest BCUT2D eigenvalue weighted by atomic mass is 10.0. The van der Waals surface area contributed by atoms with E-state index < -0.39 is 48.8 Å². The minimum atomic E-state index is -4.52. The van der Waals surface area contributed by atoms with Gasteiger partial charge in [0.1, 0.15) is 6.61 Å². The van der Waals surface area contributed by atoms with Crippen LogP contribution in [0.5, 0.6) is 0 Å². The van der Waals surface area contributed by atoms with Crippen LogP contribution in [0.3, 0.4) is 0 Å². The second-order valence-electron chi connectivity index (χ2n) is 6.21. The molecule has 1 aliphatic rings. The molecule has 0 saturated carbocycles. The van der Waals surface area contributed by atoms with Crippen molar-refractivity contribution in [2.75, 3.05) is 13.2 Å². The molecule has 10 heteroatoms. The molecule has 0 radical (unpaired) electrons. The van der Waals surface area contributed by atoms with E-state index in [0.29, 0.717) is 6.42 Å². The lowest BCUT2D eigenvalue weighted by Gasteiger charge is -2.28. The smallest absolute Gasteiger partial charge is 0.416 e. The van der Waals surface area contributed by atoms with Crippen molar-refractivity contribution in [3.05, 3.63) is 46.7 Å². The van der Waals surface area contributed by atoms with Crippen molar-refractivity contribution in [1.82, 2.24) is 10.6 Å². The summed E-state index contributed by atoms with van der Waals surface area (Å²) in [5.74, 6) is -1.46. The molecule has 2 N–H and O–H groups in total. The quantitative estimate of drug-likeness (QED) is 0.670. The van der Waals surface area contributed by atoms with Crippen LogP contribution in [-0.4, -0.2) is 37.2 Å². The minimum absolute atomic E-state index is 0.0800. The third kappa shape index (κ3) is 5.97. The first-order valence-corrected chi connectivity index (χ1v) is 8.95. The van der Waals surface area contributed by atoms with Crippen LogP contribution >= 0.6 is 0 Å². The van der Waals surface area contributed by atoms with Crippen LogP contribution in [0.4, 0.5) is 18.0 Å². The largest absolute Gasteiger partial charge is 0.463 e. The van der Waals surface area contributed by atoms with Crippen LogP contribution in [0.2, 0.25) is 0 Å². The highest BCUT2D eigenvalue weighted by molar-refractivity contribution is 5.94. The van der Waals surface area contributed by atoms with E-state index in [1.54, 1.807) is 13.8 Å². The number of alkyl halides is 3. The Morgan fingerprint density at radius 2 is 1.90 bits per heavy atom. The predicted molar refractivity (Wildman–Crippen MR) is 95.5 cm³/mol. The summed E-state index contributed by atoms with van der Waals surface area (Å²) in [4.78, 5) is 36.1. The number of esters is 2. The Bertz CT molecular complexity index is 820. The van der Waals surface area contributed by atoms with E-state index in [1.165, 1.54) is 12.1 Å². The van der Waals surface area contributed by atoms with Crippen LogP contribution in [0.15, 0.2) is 35.5 Å². The van der Waals surface area contributed by atoms with Gasteiger partial charge in [-0.2, -0.15) is 13.2 Å². The summed E-state index contributed by atoms with van der Waals surface area (Å²) in [6, 6.07) is 3.17. The molecule has 7 nitrogen and oxygen atoms in total. The third-order valence-corrected chi connectivity index (χ3v) is 4.13. The molecule has 1 aliphatic heterocycles. The summed E-state index contributed by atoms with van der Waals surface area (Å²) in [7, 11) is 0. The van der Waals surface area contributed by atoms with Crippen molar-refractivity contribution in [2.24, 2.45) is 0 Å². The number of urea groups is 1. The molecule has 2 amide bonds. The van der Waals surface area contributed by atoms with E-state index in [2.05, 4.69) is 10.6 Å². The number of carbonyl (C=O) groups excluding carboxylic acids is 3. The molecule has 1 atom stereocenters. The average molecular weight is 414 g/mol. The lowest BCUT2D eigenvalue weighted by Crippen LogP contribution is -2.51. The molecule has 29 heavy (non-hydrogen) atoms. The Balaban J connectivity index is 2.12. The Morgan fingerprint density at radius 1 is 1.17 bits per heavy atom. The predicted octanol–water partition coefficient (Wildman–Crippen LogP) is 2.70. The fourth-order valence-corrected chi connectivity index (χ4v) is 2.80. The minimum Gasteiger partial charge on any atom is -0.463 e. The third-order valence-electron chi connectivity index (χ3n) is 4.13. The van der Waals surface area contributed by atoms with Gasteiger partial charge in [0.2, 0.25) is 0 Å². The van der Waals surface area contributed by atoms with Crippen molar-refractivity contribution in [3.63, 3.8) is 0 Å². The Labute approximate surface area is 165 Å². The standard InChI is InChI=1S/C19H21F3N2O5/c1-3-13-16(17(26)28-4-2)14(24-18(27)23-13)10-29-15(25)9-11-6-5-7-12(8-11)19(20,21)22/h5-8,13H,3-4,9-10H2,1-2H3,(H2,23,24,27)/t13-/m1/s1. The maximum Gasteiger partial charge on any atom is 0.416 e. The molecule has 1 aromatic carbocycles. The van der Waals surface area contributed by atoms with Crippen LogP contribution in [0.25, 0.3) is 0 Å². The Kier molecular flexibility index (Phi) is 7.24. The zero-order chi connectivity index (χ0) is 21.6. The molecule has 1 aromatic rings. The first-order chi connectivity index (χ1) is 13.7. The van der Waals surface area contributed by atoms with Crippen LogP contribution in [0, 0.1) is 0 Å². The Hall–Kier alpha value is -3.04. The van der Waals surface area contributed by atoms with Gasteiger partial charge in [-0.15, -0.1) is 0 Å². The summed E-state index contributed by atoms with van der Waals surface area (Å²) < 4.78 is 48.4. The van der Waals surface area contributed by atoms with Gasteiger partial charge in [0, 0.05) is 0 Å². The van der Waals surface area contributed by atoms with E-state index in [1.807, 2.05) is 0 Å². The van der Waals surface area contributed by atoms with Gasteiger partial charge in [0.05, 0.1) is 35.9 Å². The number of hydrogen-bond acceptors (Lipinski definition) is 5. The summed E-state index contributed by atoms with van der Waals surface area (Å²) in [6.45, 7) is 3.08. The summed E-state index contributed by atoms with van der Waals surface area (Å²) in [6.07, 6.45) is -4.51. The van der Waals surface area contributed by atoms with Gasteiger partial charge in [-0.3, -0.25) is 4.79 Å². The second-order valence-corrected chi connectivity index (χ2v) is 6.21. The van der Waals surface area contributed by atoms with Crippen LogP contribution in [-0.2, 0) is 31.7 Å². The average Bonchev–Trinajstić information content (AvgIpc) is 2.65. The van der Waals surface area contributed by atoms with E-state index >= 15 is 0 Å². The first-order valence-electron chi connectivity index (χ1n) is 8.95. The topological polar surface area (TPSA) is 93.7 Å². The Morgan fingerprint density at radius 3 is 2.52 bits per heavy atom. The van der Waals surface area contributed by atoms with Gasteiger partial charge in [-0.25, -0.2) is 9.59 Å². The van der Waals surface area contributed by atoms with Crippen molar-refractivity contribution in [2.45, 2.75) is 38.9 Å². The van der Waals surface area contributed by atoms with Gasteiger partial charge >= 0.3 is 24.1 Å². The highest BCUT2D eigenvalue weighted by atomic mass is 19.4. The number of amides is 2. The molecule has 0 spiro atoms. The monoisotopic (exact) mass is 414 g/mol. The molecule has 0 saturated heterocycles. The molecular formula is C19H21F3N2O5. The number of carbonyl (C=O) groups is 3. The molecule has 0 bridgehead atoms. The number of hydrogen-bond donors (Lipinski definition) is 2. The molecule has 0 aromatic heterocycles. The molecular weight excluding hydrogens is 393 g/mol. The summed E-state index contributed by atoms with van der Waals surface area (Å²) in [5, 5.41) is 5.00. The van der Waals surface area contributed by atoms with E-state index in [-0.39, 0.29) is 23.4 Å². The summed E-state index contributed by atoms with van der Waals surface area (Å²) >= 11 is 0. The molecule has 1 heterocycles. The number of halogens is 3. The first kappa shape index (κ1) is 22.3. The zero-order valence-electron chi connectivity index (χ0n) is 15.9. The van der Waals surface area contributed by atoms with Crippen LogP contribution in [0.1, 0.15) is 31.4 Å². The van der Waals surface area contributed by atoms with Crippen molar-refractivity contribution in [3.8, 4) is 0 Å². The molecule has 158 valence electrons. The fourth-order valence-electron chi connectivity index (χ4n) is 2.80. The van der Waals surface area contributed by atoms with E-state index in [9.17, 15) is 27.6 Å². The van der Waals surface area contributed by atoms with Gasteiger partial charge in [-0.05, 0) is 25.0 Å². The van der Waals surface area contributed by atoms with E-state index in [0.717, 1.165) is 12.1 Å². The van der Waals surface area contributed by atoms with Gasteiger partial charge in [0.15, 0.2) is 0 Å². The number of benzene rings is 1. The normalized spacial score (nSPS) is 16.7. The highest BCUT2D eigenvalue weighted by Crippen LogP contribution is 2.29.